The molecule has 5 aromatic rings. The van der Waals surface area contributed by atoms with E-state index in [-0.39, 0.29) is 29.1 Å². The number of ether oxygens (including phenoxy) is 1. The van der Waals surface area contributed by atoms with Gasteiger partial charge in [-0.25, -0.2) is 9.18 Å². The second-order valence-corrected chi connectivity index (χ2v) is 10.0. The fourth-order valence-corrected chi connectivity index (χ4v) is 5.34. The van der Waals surface area contributed by atoms with Crippen molar-refractivity contribution in [3.8, 4) is 11.5 Å². The summed E-state index contributed by atoms with van der Waals surface area (Å²) in [5.41, 5.74) is 0.761. The van der Waals surface area contributed by atoms with Gasteiger partial charge in [-0.1, -0.05) is 66.2 Å². The molecule has 7 nitrogen and oxygen atoms in total. The normalized spacial score (nSPS) is 13.3. The Labute approximate surface area is 228 Å². The molecule has 6 rings (SSSR count). The van der Waals surface area contributed by atoms with Crippen LogP contribution in [0.25, 0.3) is 22.3 Å². The zero-order valence-corrected chi connectivity index (χ0v) is 22.1. The molecule has 1 aliphatic rings. The van der Waals surface area contributed by atoms with Crippen LogP contribution in [0.1, 0.15) is 42.6 Å². The molecule has 0 atom stereocenters. The van der Waals surface area contributed by atoms with E-state index in [0.29, 0.717) is 24.4 Å². The van der Waals surface area contributed by atoms with Crippen molar-refractivity contribution in [1.82, 2.24) is 18.9 Å². The highest BCUT2D eigenvalue weighted by Crippen LogP contribution is 2.46. The van der Waals surface area contributed by atoms with E-state index in [1.54, 1.807) is 12.1 Å². The summed E-state index contributed by atoms with van der Waals surface area (Å²) in [6.07, 6.45) is 1.77. The minimum absolute atomic E-state index is 0.0600. The third-order valence-electron chi connectivity index (χ3n) is 7.05. The van der Waals surface area contributed by atoms with Gasteiger partial charge in [0.1, 0.15) is 18.1 Å². The van der Waals surface area contributed by atoms with Crippen molar-refractivity contribution in [2.45, 2.75) is 45.4 Å². The van der Waals surface area contributed by atoms with Gasteiger partial charge in [-0.15, -0.1) is 5.10 Å². The number of halogens is 2. The molecule has 0 bridgehead atoms. The monoisotopic (exact) mass is 544 g/mol. The van der Waals surface area contributed by atoms with Crippen LogP contribution in [-0.2, 0) is 24.5 Å². The van der Waals surface area contributed by atoms with Crippen LogP contribution in [0, 0.1) is 5.82 Å². The number of para-hydroxylation sites is 1. The van der Waals surface area contributed by atoms with Crippen molar-refractivity contribution < 1.29 is 9.13 Å². The standard InChI is InChI=1S/C30H26ClFN4O3/c1-2-34-25(18-39-17-19-9-4-3-5-10-19)33-36(30(34)38)28-26(20-15-16-20)21-11-6-7-12-22(21)29(37)35(28)27-23(31)13-8-14-24(27)32/h3-14,20H,2,15-18H2,1H3. The van der Waals surface area contributed by atoms with Crippen molar-refractivity contribution in [2.24, 2.45) is 0 Å². The van der Waals surface area contributed by atoms with Crippen LogP contribution in [0.4, 0.5) is 4.39 Å². The summed E-state index contributed by atoms with van der Waals surface area (Å²) in [5.74, 6) is 0.0534. The summed E-state index contributed by atoms with van der Waals surface area (Å²) in [4.78, 5) is 27.8. The predicted octanol–water partition coefficient (Wildman–Crippen LogP) is 5.74. The number of aromatic nitrogens is 4. The Hall–Kier alpha value is -4.01. The topological polar surface area (TPSA) is 71.0 Å². The average Bonchev–Trinajstić information content (AvgIpc) is 3.73. The third kappa shape index (κ3) is 4.49. The lowest BCUT2D eigenvalue weighted by atomic mass is 10.0. The van der Waals surface area contributed by atoms with Crippen molar-refractivity contribution in [1.29, 1.82) is 0 Å². The molecular weight excluding hydrogens is 519 g/mol. The number of hydrogen-bond donors (Lipinski definition) is 0. The largest absolute Gasteiger partial charge is 0.369 e. The van der Waals surface area contributed by atoms with Crippen LogP contribution in [0.15, 0.2) is 82.4 Å². The smallest absolute Gasteiger partial charge is 0.352 e. The molecule has 0 aliphatic heterocycles. The van der Waals surface area contributed by atoms with Crippen LogP contribution < -0.4 is 11.2 Å². The molecule has 1 aliphatic carbocycles. The van der Waals surface area contributed by atoms with Crippen molar-refractivity contribution in [3.63, 3.8) is 0 Å². The maximum absolute atomic E-state index is 15.4. The van der Waals surface area contributed by atoms with Crippen LogP contribution in [0.5, 0.6) is 0 Å². The van der Waals surface area contributed by atoms with Gasteiger partial charge in [0.2, 0.25) is 0 Å². The summed E-state index contributed by atoms with van der Waals surface area (Å²) >= 11 is 6.49. The molecule has 0 unspecified atom stereocenters. The van der Waals surface area contributed by atoms with Crippen molar-refractivity contribution >= 4 is 22.4 Å². The van der Waals surface area contributed by atoms with Crippen LogP contribution in [-0.4, -0.2) is 18.9 Å². The highest BCUT2D eigenvalue weighted by atomic mass is 35.5. The van der Waals surface area contributed by atoms with E-state index in [1.165, 1.54) is 32.0 Å². The van der Waals surface area contributed by atoms with E-state index in [9.17, 15) is 9.59 Å². The lowest BCUT2D eigenvalue weighted by Gasteiger charge is -2.20. The van der Waals surface area contributed by atoms with Gasteiger partial charge in [0.05, 0.1) is 11.6 Å². The molecule has 2 heterocycles. The third-order valence-corrected chi connectivity index (χ3v) is 7.35. The minimum atomic E-state index is -0.669. The van der Waals surface area contributed by atoms with Crippen LogP contribution >= 0.6 is 11.6 Å². The summed E-state index contributed by atoms with van der Waals surface area (Å²) < 4.78 is 25.2. The highest BCUT2D eigenvalue weighted by molar-refractivity contribution is 6.32. The second kappa shape index (κ2) is 10.3. The first kappa shape index (κ1) is 25.3. The minimum Gasteiger partial charge on any atom is -0.369 e. The quantitative estimate of drug-likeness (QED) is 0.249. The number of benzene rings is 3. The van der Waals surface area contributed by atoms with Gasteiger partial charge in [-0.05, 0) is 54.8 Å². The molecule has 3 aromatic carbocycles. The van der Waals surface area contributed by atoms with Crippen LogP contribution in [0.3, 0.4) is 0 Å². The van der Waals surface area contributed by atoms with Gasteiger partial charge >= 0.3 is 5.69 Å². The molecule has 1 saturated carbocycles. The fourth-order valence-electron chi connectivity index (χ4n) is 5.09. The summed E-state index contributed by atoms with van der Waals surface area (Å²) in [5, 5.41) is 5.88. The Morgan fingerprint density at radius 1 is 0.949 bits per heavy atom. The number of pyridine rings is 1. The van der Waals surface area contributed by atoms with Gasteiger partial charge in [-0.2, -0.15) is 4.68 Å². The Kier molecular flexibility index (Phi) is 6.66. The van der Waals surface area contributed by atoms with E-state index < -0.39 is 17.1 Å². The summed E-state index contributed by atoms with van der Waals surface area (Å²) in [6, 6.07) is 21.2. The van der Waals surface area contributed by atoms with Gasteiger partial charge in [-0.3, -0.25) is 13.9 Å². The first-order chi connectivity index (χ1) is 19.0. The number of fused-ring (bicyclic) bond motifs is 1. The molecule has 2 aromatic heterocycles. The average molecular weight is 545 g/mol. The molecule has 9 heteroatoms. The molecule has 0 amide bonds. The molecule has 0 N–H and O–H groups in total. The first-order valence-corrected chi connectivity index (χ1v) is 13.3. The summed E-state index contributed by atoms with van der Waals surface area (Å²) in [6.45, 7) is 2.63. The van der Waals surface area contributed by atoms with Gasteiger partial charge in [0.15, 0.2) is 11.6 Å². The maximum Gasteiger partial charge on any atom is 0.352 e. The highest BCUT2D eigenvalue weighted by Gasteiger charge is 2.34. The van der Waals surface area contributed by atoms with Gasteiger partial charge in [0, 0.05) is 17.5 Å². The van der Waals surface area contributed by atoms with E-state index in [2.05, 4.69) is 5.10 Å². The maximum atomic E-state index is 15.4. The molecule has 39 heavy (non-hydrogen) atoms. The number of hydrogen-bond acceptors (Lipinski definition) is 4. The zero-order valence-electron chi connectivity index (χ0n) is 21.3. The van der Waals surface area contributed by atoms with E-state index in [1.807, 2.05) is 49.4 Å². The molecule has 0 spiro atoms. The Bertz CT molecular complexity index is 1790. The number of rotatable bonds is 8. The fraction of sp³-hybridized carbons (Fsp3) is 0.233. The Balaban J connectivity index is 1.59. The molecular formula is C30H26ClFN4O3. The van der Waals surface area contributed by atoms with Gasteiger partial charge in [0.25, 0.3) is 5.56 Å². The van der Waals surface area contributed by atoms with E-state index in [4.69, 9.17) is 16.3 Å². The lowest BCUT2D eigenvalue weighted by molar-refractivity contribution is 0.0989. The van der Waals surface area contributed by atoms with Gasteiger partial charge < -0.3 is 4.74 Å². The van der Waals surface area contributed by atoms with Crippen molar-refractivity contribution in [3.05, 3.63) is 121 Å². The molecule has 0 radical (unpaired) electrons. The SMILES string of the molecule is CCn1c(COCc2ccccc2)nn(-c2c(C3CC3)c3ccccc3c(=O)n2-c2c(F)cccc2Cl)c1=O. The first-order valence-electron chi connectivity index (χ1n) is 12.9. The van der Waals surface area contributed by atoms with Crippen LogP contribution in [0.2, 0.25) is 5.02 Å². The predicted molar refractivity (Wildman–Crippen MR) is 148 cm³/mol. The van der Waals surface area contributed by atoms with E-state index >= 15 is 4.39 Å². The Morgan fingerprint density at radius 2 is 1.67 bits per heavy atom. The summed E-state index contributed by atoms with van der Waals surface area (Å²) in [7, 11) is 0. The second-order valence-electron chi connectivity index (χ2n) is 9.60. The lowest BCUT2D eigenvalue weighted by Crippen LogP contribution is -2.32. The zero-order chi connectivity index (χ0) is 27.1. The van der Waals surface area contributed by atoms with Crippen molar-refractivity contribution in [2.75, 3.05) is 0 Å². The number of nitrogens with zero attached hydrogens (tertiary/aromatic N) is 4. The Morgan fingerprint density at radius 3 is 2.36 bits per heavy atom. The van der Waals surface area contributed by atoms with E-state index in [0.717, 1.165) is 29.4 Å². The molecule has 0 saturated heterocycles. The molecule has 1 fully saturated rings. The molecule has 198 valence electrons.